The summed E-state index contributed by atoms with van der Waals surface area (Å²) in [6, 6.07) is -4.29. The van der Waals surface area contributed by atoms with E-state index in [0.29, 0.717) is 12.2 Å². The maximum Gasteiger partial charge on any atom is 0.326 e. The summed E-state index contributed by atoms with van der Waals surface area (Å²) >= 11 is 1.55. The van der Waals surface area contributed by atoms with E-state index in [4.69, 9.17) is 5.73 Å². The number of thioether (sulfide) groups is 1. The van der Waals surface area contributed by atoms with Crippen LogP contribution in [-0.2, 0) is 19.2 Å². The SMILES string of the molecule is CSCC[C@H](N)C(=O)N[C@H](C(=O)N[C@H](C(=O)N[C@@H](CC(C)C)C(=O)O)[C@@H](C)O)C(C)C. The van der Waals surface area contributed by atoms with Crippen molar-refractivity contribution >= 4 is 35.5 Å². The first-order chi connectivity index (χ1) is 14.3. The largest absolute Gasteiger partial charge is 0.480 e. The van der Waals surface area contributed by atoms with E-state index < -0.39 is 54.0 Å². The lowest BCUT2D eigenvalue weighted by Gasteiger charge is -2.28. The highest BCUT2D eigenvalue weighted by Crippen LogP contribution is 2.08. The lowest BCUT2D eigenvalue weighted by Crippen LogP contribution is -2.60. The van der Waals surface area contributed by atoms with Gasteiger partial charge in [-0.25, -0.2) is 4.79 Å². The molecule has 0 aromatic heterocycles. The van der Waals surface area contributed by atoms with E-state index in [1.165, 1.54) is 6.92 Å². The van der Waals surface area contributed by atoms with E-state index in [1.54, 1.807) is 25.6 Å². The molecule has 0 aliphatic rings. The van der Waals surface area contributed by atoms with E-state index in [1.807, 2.05) is 20.1 Å². The van der Waals surface area contributed by atoms with Crippen LogP contribution in [0.1, 0.15) is 47.5 Å². The standard InChI is InChI=1S/C20H38N4O6S/c1-10(2)9-14(20(29)30)22-19(28)16(12(5)25)24-18(27)15(11(3)4)23-17(26)13(21)7-8-31-6/h10-16,25H,7-9,21H2,1-6H3,(H,22,28)(H,23,26)(H,24,27)(H,29,30)/t12-,13+,14+,15+,16+/m1/s1. The number of aliphatic hydroxyl groups excluding tert-OH is 1. The molecule has 0 saturated heterocycles. The van der Waals surface area contributed by atoms with Gasteiger partial charge in [-0.05, 0) is 43.6 Å². The van der Waals surface area contributed by atoms with Crippen LogP contribution in [0.25, 0.3) is 0 Å². The van der Waals surface area contributed by atoms with Crippen molar-refractivity contribution in [2.75, 3.05) is 12.0 Å². The Morgan fingerprint density at radius 1 is 0.903 bits per heavy atom. The average Bonchev–Trinajstić information content (AvgIpc) is 2.66. The minimum atomic E-state index is -1.38. The molecule has 0 aliphatic heterocycles. The minimum Gasteiger partial charge on any atom is -0.480 e. The summed E-state index contributed by atoms with van der Waals surface area (Å²) in [5.74, 6) is -2.79. The molecule has 5 atom stereocenters. The molecule has 0 heterocycles. The first kappa shape index (κ1) is 29.1. The van der Waals surface area contributed by atoms with Gasteiger partial charge in [0.1, 0.15) is 18.1 Å². The average molecular weight is 463 g/mol. The van der Waals surface area contributed by atoms with Gasteiger partial charge in [0.25, 0.3) is 0 Å². The third kappa shape index (κ3) is 10.8. The molecule has 11 heteroatoms. The van der Waals surface area contributed by atoms with Gasteiger partial charge in [-0.3, -0.25) is 14.4 Å². The van der Waals surface area contributed by atoms with Crippen molar-refractivity contribution in [3.05, 3.63) is 0 Å². The first-order valence-electron chi connectivity index (χ1n) is 10.4. The van der Waals surface area contributed by atoms with Gasteiger partial charge in [-0.2, -0.15) is 11.8 Å². The van der Waals surface area contributed by atoms with Crippen LogP contribution < -0.4 is 21.7 Å². The van der Waals surface area contributed by atoms with Crippen LogP contribution in [-0.4, -0.2) is 76.2 Å². The minimum absolute atomic E-state index is 0.0110. The predicted octanol–water partition coefficient (Wildman–Crippen LogP) is -0.311. The molecular formula is C20H38N4O6S. The molecule has 0 radical (unpaired) electrons. The number of aliphatic carboxylic acids is 1. The highest BCUT2D eigenvalue weighted by molar-refractivity contribution is 7.98. The normalized spacial score (nSPS) is 16.2. The lowest BCUT2D eigenvalue weighted by molar-refractivity contribution is -0.143. The quantitative estimate of drug-likeness (QED) is 0.204. The van der Waals surface area contributed by atoms with E-state index in [0.717, 1.165) is 0 Å². The fourth-order valence-corrected chi connectivity index (χ4v) is 3.26. The van der Waals surface area contributed by atoms with E-state index in [2.05, 4.69) is 16.0 Å². The fraction of sp³-hybridized carbons (Fsp3) is 0.800. The second kappa shape index (κ2) is 14.3. The monoisotopic (exact) mass is 462 g/mol. The molecule has 0 bridgehead atoms. The summed E-state index contributed by atoms with van der Waals surface area (Å²) < 4.78 is 0. The van der Waals surface area contributed by atoms with Gasteiger partial charge in [0, 0.05) is 0 Å². The van der Waals surface area contributed by atoms with E-state index in [-0.39, 0.29) is 18.3 Å². The highest BCUT2D eigenvalue weighted by Gasteiger charge is 2.33. The Balaban J connectivity index is 5.29. The van der Waals surface area contributed by atoms with Gasteiger partial charge in [-0.1, -0.05) is 27.7 Å². The Labute approximate surface area is 188 Å². The molecular weight excluding hydrogens is 424 g/mol. The zero-order valence-electron chi connectivity index (χ0n) is 19.2. The van der Waals surface area contributed by atoms with Crippen LogP contribution in [0.2, 0.25) is 0 Å². The predicted molar refractivity (Wildman–Crippen MR) is 120 cm³/mol. The van der Waals surface area contributed by atoms with E-state index in [9.17, 15) is 29.4 Å². The van der Waals surface area contributed by atoms with Crippen molar-refractivity contribution in [1.29, 1.82) is 0 Å². The summed E-state index contributed by atoms with van der Waals surface area (Å²) in [5.41, 5.74) is 5.86. The topological polar surface area (TPSA) is 171 Å². The zero-order chi connectivity index (χ0) is 24.3. The molecule has 0 aromatic rings. The third-order valence-electron chi connectivity index (χ3n) is 4.60. The molecule has 0 unspecified atom stereocenters. The molecule has 7 N–H and O–H groups in total. The Morgan fingerprint density at radius 2 is 1.42 bits per heavy atom. The number of carbonyl (C=O) groups excluding carboxylic acids is 3. The second-order valence-corrected chi connectivity index (χ2v) is 9.36. The molecule has 0 aliphatic carbocycles. The Kier molecular flexibility index (Phi) is 13.4. The van der Waals surface area contributed by atoms with Crippen molar-refractivity contribution in [2.45, 2.75) is 77.7 Å². The van der Waals surface area contributed by atoms with Gasteiger partial charge < -0.3 is 31.9 Å². The Hall–Kier alpha value is -1.85. The van der Waals surface area contributed by atoms with Crippen LogP contribution >= 0.6 is 11.8 Å². The maximum absolute atomic E-state index is 12.8. The summed E-state index contributed by atoms with van der Waals surface area (Å²) in [6.45, 7) is 8.38. The molecule has 0 saturated carbocycles. The fourth-order valence-electron chi connectivity index (χ4n) is 2.77. The second-order valence-electron chi connectivity index (χ2n) is 8.37. The number of carboxylic acid groups (broad SMARTS) is 1. The van der Waals surface area contributed by atoms with Crippen molar-refractivity contribution in [3.8, 4) is 0 Å². The lowest BCUT2D eigenvalue weighted by atomic mass is 10.0. The zero-order valence-corrected chi connectivity index (χ0v) is 20.0. The number of hydrogen-bond donors (Lipinski definition) is 6. The number of carboxylic acids is 1. The van der Waals surface area contributed by atoms with Crippen LogP contribution in [0.15, 0.2) is 0 Å². The number of carbonyl (C=O) groups is 4. The number of aliphatic hydroxyl groups is 1. The number of nitrogens with one attached hydrogen (secondary N) is 3. The first-order valence-corrected chi connectivity index (χ1v) is 11.8. The van der Waals surface area contributed by atoms with Gasteiger partial charge in [-0.15, -0.1) is 0 Å². The summed E-state index contributed by atoms with van der Waals surface area (Å²) in [4.78, 5) is 49.1. The van der Waals surface area contributed by atoms with Crippen LogP contribution in [0, 0.1) is 11.8 Å². The van der Waals surface area contributed by atoms with Crippen molar-refractivity contribution < 1.29 is 29.4 Å². The number of nitrogens with two attached hydrogens (primary N) is 1. The van der Waals surface area contributed by atoms with Gasteiger partial charge in [0.05, 0.1) is 12.1 Å². The molecule has 180 valence electrons. The molecule has 0 rings (SSSR count). The Bertz CT molecular complexity index is 614. The van der Waals surface area contributed by atoms with Gasteiger partial charge >= 0.3 is 5.97 Å². The molecule has 3 amide bonds. The molecule has 0 aromatic carbocycles. The van der Waals surface area contributed by atoms with Crippen LogP contribution in [0.5, 0.6) is 0 Å². The molecule has 0 fully saturated rings. The number of hydrogen-bond acceptors (Lipinski definition) is 7. The van der Waals surface area contributed by atoms with Crippen molar-refractivity contribution in [1.82, 2.24) is 16.0 Å². The third-order valence-corrected chi connectivity index (χ3v) is 5.24. The number of amides is 3. The molecule has 31 heavy (non-hydrogen) atoms. The van der Waals surface area contributed by atoms with Crippen molar-refractivity contribution in [3.63, 3.8) is 0 Å². The van der Waals surface area contributed by atoms with E-state index >= 15 is 0 Å². The van der Waals surface area contributed by atoms with Crippen LogP contribution in [0.3, 0.4) is 0 Å². The van der Waals surface area contributed by atoms with Crippen molar-refractivity contribution in [2.24, 2.45) is 17.6 Å². The summed E-state index contributed by atoms with van der Waals surface area (Å²) in [5, 5.41) is 26.7. The summed E-state index contributed by atoms with van der Waals surface area (Å²) in [7, 11) is 0. The van der Waals surface area contributed by atoms with Gasteiger partial charge in [0.2, 0.25) is 17.7 Å². The maximum atomic E-state index is 12.8. The Morgan fingerprint density at radius 3 is 1.84 bits per heavy atom. The summed E-state index contributed by atoms with van der Waals surface area (Å²) in [6.07, 6.45) is 1.25. The number of rotatable bonds is 14. The smallest absolute Gasteiger partial charge is 0.326 e. The van der Waals surface area contributed by atoms with Crippen LogP contribution in [0.4, 0.5) is 0 Å². The van der Waals surface area contributed by atoms with Gasteiger partial charge in [0.15, 0.2) is 0 Å². The molecule has 10 nitrogen and oxygen atoms in total. The molecule has 0 spiro atoms. The highest BCUT2D eigenvalue weighted by atomic mass is 32.2.